The molecular formula is C18H30N2O3S. The number of nitrogens with zero attached hydrogens (tertiary/aromatic N) is 1. The Bertz CT molecular complexity index is 644. The van der Waals surface area contributed by atoms with Crippen LogP contribution in [0.25, 0.3) is 0 Å². The fourth-order valence-electron chi connectivity index (χ4n) is 3.38. The first-order chi connectivity index (χ1) is 11.3. The van der Waals surface area contributed by atoms with Crippen LogP contribution in [0.1, 0.15) is 43.7 Å². The summed E-state index contributed by atoms with van der Waals surface area (Å²) in [4.78, 5) is 2.23. The van der Waals surface area contributed by atoms with Crippen LogP contribution in [0.5, 0.6) is 5.75 Å². The summed E-state index contributed by atoms with van der Waals surface area (Å²) in [7, 11) is -1.69. The van der Waals surface area contributed by atoms with E-state index in [0.717, 1.165) is 31.7 Å². The Hall–Kier alpha value is -1.11. The van der Waals surface area contributed by atoms with Gasteiger partial charge in [0.15, 0.2) is 0 Å². The molecule has 1 aliphatic rings. The summed E-state index contributed by atoms with van der Waals surface area (Å²) >= 11 is 0. The van der Waals surface area contributed by atoms with Gasteiger partial charge in [-0.3, -0.25) is 4.90 Å². The lowest BCUT2D eigenvalue weighted by atomic mass is 9.98. The van der Waals surface area contributed by atoms with E-state index in [-0.39, 0.29) is 11.8 Å². The number of nitrogens with one attached hydrogen (secondary N) is 1. The van der Waals surface area contributed by atoms with Crippen LogP contribution >= 0.6 is 0 Å². The molecule has 0 radical (unpaired) electrons. The average molecular weight is 355 g/mol. The molecule has 1 heterocycles. The number of benzene rings is 1. The van der Waals surface area contributed by atoms with E-state index in [9.17, 15) is 8.42 Å². The van der Waals surface area contributed by atoms with E-state index in [2.05, 4.69) is 42.5 Å². The van der Waals surface area contributed by atoms with Gasteiger partial charge in [0.1, 0.15) is 12.4 Å². The Morgan fingerprint density at radius 3 is 2.75 bits per heavy atom. The van der Waals surface area contributed by atoms with Gasteiger partial charge in [-0.2, -0.15) is 0 Å². The highest BCUT2D eigenvalue weighted by atomic mass is 32.2. The van der Waals surface area contributed by atoms with Crippen molar-refractivity contribution < 1.29 is 13.2 Å². The molecule has 1 aromatic carbocycles. The summed E-state index contributed by atoms with van der Waals surface area (Å²) in [5, 5.41) is 0. The number of hydrogen-bond acceptors (Lipinski definition) is 4. The maximum atomic E-state index is 11.8. The van der Waals surface area contributed by atoms with Crippen molar-refractivity contribution in [2.24, 2.45) is 0 Å². The topological polar surface area (TPSA) is 58.6 Å². The minimum absolute atomic E-state index is 0.0936. The normalized spacial score (nSPS) is 19.1. The number of sulfonamides is 1. The third-order valence-corrected chi connectivity index (χ3v) is 6.18. The maximum absolute atomic E-state index is 11.8. The Labute approximate surface area is 146 Å². The molecule has 5 nitrogen and oxygen atoms in total. The quantitative estimate of drug-likeness (QED) is 0.779. The third-order valence-electron chi connectivity index (χ3n) is 4.73. The SMILES string of the molecule is CNS(=O)(=O)CC1CCCN1CCOc1ccc(C(C)C)c(C)c1. The highest BCUT2D eigenvalue weighted by molar-refractivity contribution is 7.89. The molecule has 1 fully saturated rings. The summed E-state index contributed by atoms with van der Waals surface area (Å²) in [6, 6.07) is 6.33. The van der Waals surface area contributed by atoms with Gasteiger partial charge in [-0.1, -0.05) is 19.9 Å². The van der Waals surface area contributed by atoms with Crippen molar-refractivity contribution >= 4 is 10.0 Å². The minimum atomic E-state index is -3.16. The lowest BCUT2D eigenvalue weighted by molar-refractivity contribution is 0.205. The van der Waals surface area contributed by atoms with Gasteiger partial charge >= 0.3 is 0 Å². The van der Waals surface area contributed by atoms with E-state index >= 15 is 0 Å². The molecule has 1 N–H and O–H groups in total. The summed E-state index contributed by atoms with van der Waals surface area (Å²) in [6.07, 6.45) is 1.98. The molecule has 1 aliphatic heterocycles. The smallest absolute Gasteiger partial charge is 0.212 e. The second kappa shape index (κ2) is 8.32. The van der Waals surface area contributed by atoms with E-state index < -0.39 is 10.0 Å². The molecular weight excluding hydrogens is 324 g/mol. The number of ether oxygens (including phenoxy) is 1. The van der Waals surface area contributed by atoms with Crippen LogP contribution in [0.2, 0.25) is 0 Å². The minimum Gasteiger partial charge on any atom is -0.492 e. The molecule has 24 heavy (non-hydrogen) atoms. The first-order valence-electron chi connectivity index (χ1n) is 8.71. The van der Waals surface area contributed by atoms with E-state index in [1.165, 1.54) is 18.2 Å². The van der Waals surface area contributed by atoms with Crippen molar-refractivity contribution in [1.29, 1.82) is 0 Å². The molecule has 1 unspecified atom stereocenters. The van der Waals surface area contributed by atoms with Crippen LogP contribution in [0.3, 0.4) is 0 Å². The zero-order valence-electron chi connectivity index (χ0n) is 15.2. The molecule has 2 rings (SSSR count). The van der Waals surface area contributed by atoms with Crippen LogP contribution < -0.4 is 9.46 Å². The molecule has 1 saturated heterocycles. The molecule has 1 atom stereocenters. The van der Waals surface area contributed by atoms with Gasteiger partial charge in [-0.25, -0.2) is 13.1 Å². The monoisotopic (exact) mass is 354 g/mol. The van der Waals surface area contributed by atoms with Gasteiger partial charge in [0.2, 0.25) is 10.0 Å². The number of rotatable bonds is 8. The Kier molecular flexibility index (Phi) is 6.66. The molecule has 0 bridgehead atoms. The van der Waals surface area contributed by atoms with Crippen LogP contribution in [-0.2, 0) is 10.0 Å². The number of hydrogen-bond donors (Lipinski definition) is 1. The number of likely N-dealkylation sites (tertiary alicyclic amines) is 1. The van der Waals surface area contributed by atoms with E-state index in [1.54, 1.807) is 0 Å². The van der Waals surface area contributed by atoms with Crippen LogP contribution in [0, 0.1) is 6.92 Å². The average Bonchev–Trinajstić information content (AvgIpc) is 2.93. The molecule has 0 aromatic heterocycles. The van der Waals surface area contributed by atoms with Crippen molar-refractivity contribution in [2.45, 2.75) is 45.6 Å². The second-order valence-corrected chi connectivity index (χ2v) is 8.81. The van der Waals surface area contributed by atoms with Crippen molar-refractivity contribution in [1.82, 2.24) is 9.62 Å². The van der Waals surface area contributed by atoms with Gasteiger partial charge in [-0.05, 0) is 62.5 Å². The maximum Gasteiger partial charge on any atom is 0.212 e. The summed E-state index contributed by atoms with van der Waals surface area (Å²) < 4.78 is 31.8. The first-order valence-corrected chi connectivity index (χ1v) is 10.4. The highest BCUT2D eigenvalue weighted by Gasteiger charge is 2.28. The zero-order valence-corrected chi connectivity index (χ0v) is 16.0. The summed E-state index contributed by atoms with van der Waals surface area (Å²) in [6.45, 7) is 8.77. The van der Waals surface area contributed by atoms with Gasteiger partial charge in [-0.15, -0.1) is 0 Å². The molecule has 0 aliphatic carbocycles. The highest BCUT2D eigenvalue weighted by Crippen LogP contribution is 2.24. The third kappa shape index (κ3) is 5.19. The van der Waals surface area contributed by atoms with Gasteiger partial charge in [0.25, 0.3) is 0 Å². The van der Waals surface area contributed by atoms with Crippen LogP contribution in [-0.4, -0.2) is 51.9 Å². The Balaban J connectivity index is 1.86. The van der Waals surface area contributed by atoms with Gasteiger partial charge in [0, 0.05) is 12.6 Å². The molecule has 0 amide bonds. The molecule has 1 aromatic rings. The van der Waals surface area contributed by atoms with Crippen molar-refractivity contribution in [2.75, 3.05) is 32.5 Å². The Morgan fingerprint density at radius 1 is 1.38 bits per heavy atom. The molecule has 0 saturated carbocycles. The predicted molar refractivity (Wildman–Crippen MR) is 98.2 cm³/mol. The van der Waals surface area contributed by atoms with E-state index in [0.29, 0.717) is 12.5 Å². The summed E-state index contributed by atoms with van der Waals surface area (Å²) in [5.74, 6) is 1.57. The fourth-order valence-corrected chi connectivity index (χ4v) is 4.43. The van der Waals surface area contributed by atoms with E-state index in [4.69, 9.17) is 4.74 Å². The zero-order chi connectivity index (χ0) is 17.7. The molecule has 136 valence electrons. The van der Waals surface area contributed by atoms with Crippen molar-refractivity contribution in [3.8, 4) is 5.75 Å². The standard InChI is InChI=1S/C18H30N2O3S/c1-14(2)18-8-7-17(12-15(18)3)23-11-10-20-9-5-6-16(20)13-24(21,22)19-4/h7-8,12,14,16,19H,5-6,9-11,13H2,1-4H3. The summed E-state index contributed by atoms with van der Waals surface area (Å²) in [5.41, 5.74) is 2.60. The van der Waals surface area contributed by atoms with E-state index in [1.807, 2.05) is 6.07 Å². The fraction of sp³-hybridized carbons (Fsp3) is 0.667. The van der Waals surface area contributed by atoms with Gasteiger partial charge < -0.3 is 4.74 Å². The van der Waals surface area contributed by atoms with Crippen molar-refractivity contribution in [3.05, 3.63) is 29.3 Å². The lowest BCUT2D eigenvalue weighted by Crippen LogP contribution is -2.40. The lowest BCUT2D eigenvalue weighted by Gasteiger charge is -2.24. The van der Waals surface area contributed by atoms with Crippen LogP contribution in [0.4, 0.5) is 0 Å². The van der Waals surface area contributed by atoms with Crippen molar-refractivity contribution in [3.63, 3.8) is 0 Å². The number of aryl methyl sites for hydroxylation is 1. The largest absolute Gasteiger partial charge is 0.492 e. The second-order valence-electron chi connectivity index (χ2n) is 6.84. The van der Waals surface area contributed by atoms with Crippen LogP contribution in [0.15, 0.2) is 18.2 Å². The first kappa shape index (κ1) is 19.2. The molecule has 0 spiro atoms. The molecule has 6 heteroatoms. The Morgan fingerprint density at radius 2 is 2.12 bits per heavy atom. The van der Waals surface area contributed by atoms with Gasteiger partial charge in [0.05, 0.1) is 5.75 Å². The predicted octanol–water partition coefficient (Wildman–Crippen LogP) is 2.51.